The highest BCUT2D eigenvalue weighted by molar-refractivity contribution is 8.00. The quantitative estimate of drug-likeness (QED) is 0.622. The van der Waals surface area contributed by atoms with E-state index in [2.05, 4.69) is 15.3 Å². The first-order valence-corrected chi connectivity index (χ1v) is 8.27. The number of imidazole rings is 1. The van der Waals surface area contributed by atoms with Gasteiger partial charge in [0.2, 0.25) is 5.91 Å². The highest BCUT2D eigenvalue weighted by atomic mass is 32.2. The lowest BCUT2D eigenvalue weighted by atomic mass is 10.2. The molecule has 1 amide bonds. The van der Waals surface area contributed by atoms with Crippen LogP contribution in [0, 0.1) is 0 Å². The van der Waals surface area contributed by atoms with E-state index < -0.39 is 0 Å². The number of ether oxygens (including phenoxy) is 1. The first kappa shape index (κ1) is 16.2. The van der Waals surface area contributed by atoms with Gasteiger partial charge in [0.05, 0.1) is 28.3 Å². The van der Waals surface area contributed by atoms with Gasteiger partial charge in [0.15, 0.2) is 0 Å². The molecule has 1 atom stereocenters. The number of amides is 1. The number of hydrogen-bond donors (Lipinski definition) is 3. The van der Waals surface area contributed by atoms with Crippen LogP contribution in [0.1, 0.15) is 6.92 Å². The molecule has 1 aromatic heterocycles. The summed E-state index contributed by atoms with van der Waals surface area (Å²) >= 11 is 1.43. The lowest BCUT2D eigenvalue weighted by Crippen LogP contribution is -2.22. The standard InChI is InChI=1S/C17H17N3O3S/c1-10(24-15-6-4-3-5-14(15)23-2)16(21)18-11-7-8-12-13(9-11)20-17(22)19-12/h3-10H,1-2H3,(H,18,21)(H2,19,20,22). The van der Waals surface area contributed by atoms with Crippen molar-refractivity contribution in [1.29, 1.82) is 0 Å². The van der Waals surface area contributed by atoms with Gasteiger partial charge in [-0.05, 0) is 37.3 Å². The third-order valence-electron chi connectivity index (χ3n) is 3.53. The molecule has 0 saturated heterocycles. The molecule has 0 aliphatic rings. The minimum absolute atomic E-state index is 0.122. The van der Waals surface area contributed by atoms with Crippen molar-refractivity contribution in [3.8, 4) is 5.75 Å². The second kappa shape index (κ2) is 6.84. The maximum absolute atomic E-state index is 12.4. The molecule has 1 unspecified atom stereocenters. The van der Waals surface area contributed by atoms with Crippen molar-refractivity contribution >= 4 is 34.4 Å². The third-order valence-corrected chi connectivity index (χ3v) is 4.68. The molecule has 24 heavy (non-hydrogen) atoms. The number of anilines is 1. The van der Waals surface area contributed by atoms with Gasteiger partial charge in [-0.3, -0.25) is 4.79 Å². The van der Waals surface area contributed by atoms with Crippen LogP contribution >= 0.6 is 11.8 Å². The summed E-state index contributed by atoms with van der Waals surface area (Å²) in [5.74, 6) is 0.622. The predicted molar refractivity (Wildman–Crippen MR) is 95.9 cm³/mol. The second-order valence-corrected chi connectivity index (χ2v) is 6.62. The predicted octanol–water partition coefficient (Wildman–Crippen LogP) is 2.98. The van der Waals surface area contributed by atoms with Crippen molar-refractivity contribution in [3.05, 3.63) is 52.9 Å². The molecule has 0 bridgehead atoms. The summed E-state index contributed by atoms with van der Waals surface area (Å²) in [4.78, 5) is 29.9. The van der Waals surface area contributed by atoms with E-state index in [0.717, 1.165) is 10.6 Å². The lowest BCUT2D eigenvalue weighted by molar-refractivity contribution is -0.115. The maximum atomic E-state index is 12.4. The molecule has 0 aliphatic carbocycles. The Morgan fingerprint density at radius 2 is 1.92 bits per heavy atom. The van der Waals surface area contributed by atoms with E-state index in [1.54, 1.807) is 25.3 Å². The van der Waals surface area contributed by atoms with Gasteiger partial charge in [0.25, 0.3) is 0 Å². The number of nitrogens with one attached hydrogen (secondary N) is 3. The van der Waals surface area contributed by atoms with Crippen LogP contribution in [0.25, 0.3) is 11.0 Å². The van der Waals surface area contributed by atoms with Crippen LogP contribution in [-0.4, -0.2) is 28.2 Å². The van der Waals surface area contributed by atoms with Gasteiger partial charge >= 0.3 is 5.69 Å². The molecule has 7 heteroatoms. The van der Waals surface area contributed by atoms with E-state index in [9.17, 15) is 9.59 Å². The molecular weight excluding hydrogens is 326 g/mol. The van der Waals surface area contributed by atoms with Crippen LogP contribution in [-0.2, 0) is 4.79 Å². The molecule has 2 aromatic carbocycles. The number of aromatic nitrogens is 2. The van der Waals surface area contributed by atoms with Crippen molar-refractivity contribution < 1.29 is 9.53 Å². The second-order valence-electron chi connectivity index (χ2n) is 5.24. The molecule has 6 nitrogen and oxygen atoms in total. The number of rotatable bonds is 5. The number of H-pyrrole nitrogens is 2. The van der Waals surface area contributed by atoms with Gasteiger partial charge in [0.1, 0.15) is 5.75 Å². The zero-order valence-corrected chi connectivity index (χ0v) is 14.1. The normalized spacial score (nSPS) is 12.1. The fourth-order valence-corrected chi connectivity index (χ4v) is 3.29. The monoisotopic (exact) mass is 343 g/mol. The van der Waals surface area contributed by atoms with Crippen LogP contribution in [0.15, 0.2) is 52.2 Å². The van der Waals surface area contributed by atoms with Gasteiger partial charge in [0, 0.05) is 5.69 Å². The topological polar surface area (TPSA) is 87.0 Å². The lowest BCUT2D eigenvalue weighted by Gasteiger charge is -2.14. The number of para-hydroxylation sites is 1. The highest BCUT2D eigenvalue weighted by Gasteiger charge is 2.17. The summed E-state index contributed by atoms with van der Waals surface area (Å²) in [6.07, 6.45) is 0. The Bertz CT molecular complexity index is 932. The summed E-state index contributed by atoms with van der Waals surface area (Å²) in [5, 5.41) is 2.56. The van der Waals surface area contributed by atoms with Crippen molar-refractivity contribution in [1.82, 2.24) is 9.97 Å². The summed E-state index contributed by atoms with van der Waals surface area (Å²) < 4.78 is 5.31. The van der Waals surface area contributed by atoms with Crippen molar-refractivity contribution in [2.45, 2.75) is 17.1 Å². The number of benzene rings is 2. The zero-order valence-electron chi connectivity index (χ0n) is 13.3. The molecule has 1 heterocycles. The number of carbonyl (C=O) groups excluding carboxylic acids is 1. The van der Waals surface area contributed by atoms with E-state index in [0.29, 0.717) is 16.7 Å². The van der Waals surface area contributed by atoms with Gasteiger partial charge < -0.3 is 20.0 Å². The molecule has 0 spiro atoms. The van der Waals surface area contributed by atoms with Crippen molar-refractivity contribution in [2.24, 2.45) is 0 Å². The Kier molecular flexibility index (Phi) is 4.61. The highest BCUT2D eigenvalue weighted by Crippen LogP contribution is 2.32. The maximum Gasteiger partial charge on any atom is 0.323 e. The van der Waals surface area contributed by atoms with E-state index >= 15 is 0 Å². The van der Waals surface area contributed by atoms with E-state index in [1.165, 1.54) is 11.8 Å². The summed E-state index contributed by atoms with van der Waals surface area (Å²) in [6, 6.07) is 12.8. The molecule has 3 N–H and O–H groups in total. The van der Waals surface area contributed by atoms with Crippen LogP contribution in [0.3, 0.4) is 0 Å². The van der Waals surface area contributed by atoms with Crippen molar-refractivity contribution in [2.75, 3.05) is 12.4 Å². The van der Waals surface area contributed by atoms with Crippen LogP contribution in [0.5, 0.6) is 5.75 Å². The molecule has 0 radical (unpaired) electrons. The van der Waals surface area contributed by atoms with Crippen molar-refractivity contribution in [3.63, 3.8) is 0 Å². The van der Waals surface area contributed by atoms with Gasteiger partial charge in [-0.1, -0.05) is 12.1 Å². The van der Waals surface area contributed by atoms with Crippen LogP contribution in [0.2, 0.25) is 0 Å². The number of carbonyl (C=O) groups is 1. The number of thioether (sulfide) groups is 1. The van der Waals surface area contributed by atoms with Gasteiger partial charge in [-0.2, -0.15) is 0 Å². The summed E-state index contributed by atoms with van der Waals surface area (Å²) in [5.41, 5.74) is 1.72. The summed E-state index contributed by atoms with van der Waals surface area (Å²) in [6.45, 7) is 1.84. The Balaban J connectivity index is 1.71. The molecule has 0 fully saturated rings. The third kappa shape index (κ3) is 3.46. The van der Waals surface area contributed by atoms with Gasteiger partial charge in [-0.25, -0.2) is 4.79 Å². The summed E-state index contributed by atoms with van der Waals surface area (Å²) in [7, 11) is 1.61. The fraction of sp³-hybridized carbons (Fsp3) is 0.176. The smallest absolute Gasteiger partial charge is 0.323 e. The number of aromatic amines is 2. The molecule has 0 saturated carbocycles. The SMILES string of the molecule is COc1ccccc1SC(C)C(=O)Nc1ccc2[nH]c(=O)[nH]c2c1. The van der Waals surface area contributed by atoms with Gasteiger partial charge in [-0.15, -0.1) is 11.8 Å². The first-order chi connectivity index (χ1) is 11.6. The Morgan fingerprint density at radius 1 is 1.17 bits per heavy atom. The Morgan fingerprint density at radius 3 is 2.71 bits per heavy atom. The minimum Gasteiger partial charge on any atom is -0.496 e. The average molecular weight is 343 g/mol. The molecule has 3 rings (SSSR count). The first-order valence-electron chi connectivity index (χ1n) is 7.39. The molecule has 0 aliphatic heterocycles. The zero-order chi connectivity index (χ0) is 17.1. The Hall–Kier alpha value is -2.67. The number of fused-ring (bicyclic) bond motifs is 1. The van der Waals surface area contributed by atoms with Crippen LogP contribution < -0.4 is 15.7 Å². The molecular formula is C17H17N3O3S. The average Bonchev–Trinajstić information content (AvgIpc) is 2.94. The van der Waals surface area contributed by atoms with Crippen LogP contribution in [0.4, 0.5) is 5.69 Å². The number of methoxy groups -OCH3 is 1. The number of hydrogen-bond acceptors (Lipinski definition) is 4. The minimum atomic E-state index is -0.303. The van der Waals surface area contributed by atoms with E-state index in [-0.39, 0.29) is 16.8 Å². The fourth-order valence-electron chi connectivity index (χ4n) is 2.31. The largest absolute Gasteiger partial charge is 0.496 e. The van der Waals surface area contributed by atoms with E-state index in [1.807, 2.05) is 31.2 Å². The van der Waals surface area contributed by atoms with E-state index in [4.69, 9.17) is 4.74 Å². The molecule has 3 aromatic rings. The molecule has 124 valence electrons. The Labute approximate surface area is 142 Å².